The van der Waals surface area contributed by atoms with E-state index in [-0.39, 0.29) is 12.4 Å². The Balaban J connectivity index is 3.75. The Bertz CT molecular complexity index is 242. The molecule has 0 rings (SSSR count). The first-order valence-corrected chi connectivity index (χ1v) is 5.46. The quantitative estimate of drug-likeness (QED) is 0.750. The van der Waals surface area contributed by atoms with Gasteiger partial charge in [0.25, 0.3) is 0 Å². The van der Waals surface area contributed by atoms with Crippen LogP contribution in [0.5, 0.6) is 0 Å². The molecule has 0 aromatic carbocycles. The number of carbonyl (C=O) groups is 2. The summed E-state index contributed by atoms with van der Waals surface area (Å²) >= 11 is 0. The minimum atomic E-state index is -1.38. The molecular weight excluding hydrogens is 210 g/mol. The molecule has 0 radical (unpaired) electrons. The highest BCUT2D eigenvalue weighted by Gasteiger charge is 2.16. The first-order chi connectivity index (χ1) is 6.49. The third-order valence-electron chi connectivity index (χ3n) is 1.42. The molecule has 7 heteroatoms. The lowest BCUT2D eigenvalue weighted by Crippen LogP contribution is -2.33. The molecule has 6 nitrogen and oxygen atoms in total. The van der Waals surface area contributed by atoms with Gasteiger partial charge in [-0.25, -0.2) is 14.5 Å². The zero-order valence-corrected chi connectivity index (χ0v) is 8.87. The van der Waals surface area contributed by atoms with Crippen LogP contribution in [0, 0.1) is 0 Å². The molecule has 0 heterocycles. The first kappa shape index (κ1) is 12.9. The van der Waals surface area contributed by atoms with E-state index in [1.54, 1.807) is 6.92 Å². The minimum absolute atomic E-state index is 0.0308. The van der Waals surface area contributed by atoms with Crippen molar-refractivity contribution in [2.75, 3.05) is 25.2 Å². The highest BCUT2D eigenvalue weighted by atomic mass is 32.2. The van der Waals surface area contributed by atoms with E-state index in [1.807, 2.05) is 0 Å². The van der Waals surface area contributed by atoms with E-state index in [1.165, 1.54) is 0 Å². The van der Waals surface area contributed by atoms with Crippen molar-refractivity contribution in [1.29, 1.82) is 0 Å². The minimum Gasteiger partial charge on any atom is -0.465 e. The highest BCUT2D eigenvalue weighted by molar-refractivity contribution is 7.84. The fraction of sp³-hybridized carbons (Fsp3) is 0.714. The smallest absolute Gasteiger partial charge is 0.419 e. The van der Waals surface area contributed by atoms with Crippen LogP contribution in [0.15, 0.2) is 0 Å². The van der Waals surface area contributed by atoms with Crippen molar-refractivity contribution < 1.29 is 23.6 Å². The number of carboxylic acid groups (broad SMARTS) is 1. The largest absolute Gasteiger partial charge is 0.465 e. The molecule has 0 aliphatic rings. The summed E-state index contributed by atoms with van der Waals surface area (Å²) in [4.78, 5) is 21.6. The molecule has 0 fully saturated rings. The molecule has 0 saturated heterocycles. The first-order valence-electron chi connectivity index (χ1n) is 3.97. The molecule has 0 bridgehead atoms. The molecule has 2 amide bonds. The van der Waals surface area contributed by atoms with Gasteiger partial charge in [-0.2, -0.15) is 0 Å². The van der Waals surface area contributed by atoms with Gasteiger partial charge in [0.1, 0.15) is 6.61 Å². The zero-order valence-electron chi connectivity index (χ0n) is 8.06. The highest BCUT2D eigenvalue weighted by Crippen LogP contribution is 1.91. The maximum absolute atomic E-state index is 10.9. The monoisotopic (exact) mass is 223 g/mol. The molecule has 0 aromatic heterocycles. The molecular formula is C7H13NO5S. The summed E-state index contributed by atoms with van der Waals surface area (Å²) in [6.07, 6.45) is -2.34. The Kier molecular flexibility index (Phi) is 5.86. The number of imide groups is 1. The Morgan fingerprint density at radius 2 is 2.07 bits per heavy atom. The van der Waals surface area contributed by atoms with Gasteiger partial charge in [-0.05, 0) is 0 Å². The van der Waals surface area contributed by atoms with Crippen LogP contribution in [0.1, 0.15) is 6.92 Å². The van der Waals surface area contributed by atoms with Gasteiger partial charge in [-0.1, -0.05) is 6.92 Å². The second kappa shape index (κ2) is 6.36. The van der Waals surface area contributed by atoms with Crippen molar-refractivity contribution in [2.24, 2.45) is 0 Å². The Morgan fingerprint density at radius 1 is 1.50 bits per heavy atom. The van der Waals surface area contributed by atoms with Crippen LogP contribution in [0.25, 0.3) is 0 Å². The standard InChI is InChI=1S/C7H13NO5S/c1-3-14(12)5-4-13-7(11)8(2)6(9)10/h3-5H2,1-2H3,(H,9,10). The van der Waals surface area contributed by atoms with Crippen LogP contribution in [0.2, 0.25) is 0 Å². The third kappa shape index (κ3) is 4.80. The maximum Gasteiger partial charge on any atom is 0.419 e. The van der Waals surface area contributed by atoms with Crippen molar-refractivity contribution in [3.05, 3.63) is 0 Å². The van der Waals surface area contributed by atoms with Crippen molar-refractivity contribution in [3.8, 4) is 0 Å². The van der Waals surface area contributed by atoms with Crippen molar-refractivity contribution in [2.45, 2.75) is 6.92 Å². The average molecular weight is 223 g/mol. The molecule has 14 heavy (non-hydrogen) atoms. The van der Waals surface area contributed by atoms with Crippen LogP contribution in [0.3, 0.4) is 0 Å². The number of ether oxygens (including phenoxy) is 1. The van der Waals surface area contributed by atoms with E-state index in [2.05, 4.69) is 4.74 Å². The van der Waals surface area contributed by atoms with E-state index in [4.69, 9.17) is 5.11 Å². The number of carbonyl (C=O) groups excluding carboxylic acids is 1. The molecule has 0 spiro atoms. The summed E-state index contributed by atoms with van der Waals surface area (Å²) in [5.74, 6) is 0.724. The average Bonchev–Trinajstić information content (AvgIpc) is 2.15. The maximum atomic E-state index is 10.9. The van der Waals surface area contributed by atoms with E-state index in [0.29, 0.717) is 10.7 Å². The normalized spacial score (nSPS) is 11.9. The Hall–Kier alpha value is -1.11. The van der Waals surface area contributed by atoms with Gasteiger partial charge in [-0.3, -0.25) is 4.21 Å². The Labute approximate surface area is 84.3 Å². The van der Waals surface area contributed by atoms with Crippen LogP contribution in [-0.4, -0.2) is 51.6 Å². The van der Waals surface area contributed by atoms with Crippen molar-refractivity contribution >= 4 is 23.0 Å². The SMILES string of the molecule is CCS(=O)CCOC(=O)N(C)C(=O)O. The molecule has 1 N–H and O–H groups in total. The summed E-state index contributed by atoms with van der Waals surface area (Å²) < 4.78 is 15.4. The van der Waals surface area contributed by atoms with Crippen molar-refractivity contribution in [3.63, 3.8) is 0 Å². The number of nitrogens with zero attached hydrogens (tertiary/aromatic N) is 1. The van der Waals surface area contributed by atoms with Crippen LogP contribution < -0.4 is 0 Å². The second-order valence-corrected chi connectivity index (χ2v) is 4.25. The lowest BCUT2D eigenvalue weighted by Gasteiger charge is -2.10. The van der Waals surface area contributed by atoms with Gasteiger partial charge in [0.15, 0.2) is 0 Å². The number of hydrogen-bond donors (Lipinski definition) is 1. The van der Waals surface area contributed by atoms with Gasteiger partial charge in [0, 0.05) is 23.6 Å². The van der Waals surface area contributed by atoms with Gasteiger partial charge < -0.3 is 9.84 Å². The number of hydrogen-bond acceptors (Lipinski definition) is 4. The lowest BCUT2D eigenvalue weighted by atomic mass is 10.8. The molecule has 1 atom stereocenters. The Morgan fingerprint density at radius 3 is 2.50 bits per heavy atom. The molecule has 0 aromatic rings. The molecule has 0 aliphatic heterocycles. The molecule has 1 unspecified atom stereocenters. The molecule has 82 valence electrons. The zero-order chi connectivity index (χ0) is 11.1. The summed E-state index contributed by atoms with van der Waals surface area (Å²) in [6, 6.07) is 0. The van der Waals surface area contributed by atoms with E-state index in [9.17, 15) is 13.8 Å². The van der Waals surface area contributed by atoms with Crippen LogP contribution in [0.4, 0.5) is 9.59 Å². The predicted octanol–water partition coefficient (Wildman–Crippen LogP) is 0.501. The van der Waals surface area contributed by atoms with Gasteiger partial charge >= 0.3 is 12.2 Å². The summed E-state index contributed by atoms with van der Waals surface area (Å²) in [7, 11) is 0.0743. The molecule has 0 aliphatic carbocycles. The second-order valence-electron chi connectivity index (χ2n) is 2.39. The van der Waals surface area contributed by atoms with Crippen LogP contribution >= 0.6 is 0 Å². The molecule has 0 saturated carbocycles. The van der Waals surface area contributed by atoms with Crippen LogP contribution in [-0.2, 0) is 15.5 Å². The number of amides is 2. The fourth-order valence-electron chi connectivity index (χ4n) is 0.541. The van der Waals surface area contributed by atoms with E-state index < -0.39 is 23.0 Å². The summed E-state index contributed by atoms with van der Waals surface area (Å²) in [6.45, 7) is 1.72. The van der Waals surface area contributed by atoms with Gasteiger partial charge in [0.2, 0.25) is 0 Å². The van der Waals surface area contributed by atoms with E-state index in [0.717, 1.165) is 7.05 Å². The van der Waals surface area contributed by atoms with Gasteiger partial charge in [-0.15, -0.1) is 0 Å². The van der Waals surface area contributed by atoms with E-state index >= 15 is 0 Å². The predicted molar refractivity (Wildman–Crippen MR) is 50.7 cm³/mol. The van der Waals surface area contributed by atoms with Crippen molar-refractivity contribution in [1.82, 2.24) is 4.90 Å². The lowest BCUT2D eigenvalue weighted by molar-refractivity contribution is 0.107. The van der Waals surface area contributed by atoms with Gasteiger partial charge in [0.05, 0.1) is 5.75 Å². The third-order valence-corrected chi connectivity index (χ3v) is 2.69. The number of rotatable bonds is 4. The summed E-state index contributed by atoms with van der Waals surface area (Å²) in [5, 5.41) is 8.37. The fourth-order valence-corrected chi connectivity index (χ4v) is 1.10. The topological polar surface area (TPSA) is 83.9 Å². The summed E-state index contributed by atoms with van der Waals surface area (Å²) in [5.41, 5.74) is 0.